The highest BCUT2D eigenvalue weighted by atomic mass is 79.9. The van der Waals surface area contributed by atoms with Crippen LogP contribution in [0.2, 0.25) is 0 Å². The fraction of sp³-hybridized carbons (Fsp3) is 0.471. The highest BCUT2D eigenvalue weighted by Gasteiger charge is 2.40. The van der Waals surface area contributed by atoms with E-state index in [1.807, 2.05) is 6.07 Å². The Morgan fingerprint density at radius 3 is 2.48 bits per heavy atom. The number of aryl methyl sites for hydroxylation is 1. The van der Waals surface area contributed by atoms with Gasteiger partial charge in [0.2, 0.25) is 5.95 Å². The Hall–Kier alpha value is -3.11. The van der Waals surface area contributed by atoms with Crippen LogP contribution in [0, 0.1) is 11.8 Å². The molecule has 0 radical (unpaired) electrons. The van der Waals surface area contributed by atoms with Crippen molar-refractivity contribution in [3.63, 3.8) is 0 Å². The largest absolute Gasteiger partial charge is 0.494 e. The summed E-state index contributed by atoms with van der Waals surface area (Å²) in [6, 6.07) is 9.10. The highest BCUT2D eigenvalue weighted by Crippen LogP contribution is 2.39. The van der Waals surface area contributed by atoms with E-state index in [2.05, 4.69) is 89.8 Å². The van der Waals surface area contributed by atoms with E-state index >= 15 is 0 Å². The van der Waals surface area contributed by atoms with Gasteiger partial charge in [-0.3, -0.25) is 14.9 Å². The van der Waals surface area contributed by atoms with Crippen LogP contribution in [0.4, 0.5) is 28.8 Å². The van der Waals surface area contributed by atoms with E-state index in [9.17, 15) is 0 Å². The van der Waals surface area contributed by atoms with Crippen LogP contribution in [0.3, 0.4) is 0 Å². The summed E-state index contributed by atoms with van der Waals surface area (Å²) in [7, 11) is 1.26. The minimum atomic E-state index is -0.465. The second-order valence-corrected chi connectivity index (χ2v) is 15.8. The quantitative estimate of drug-likeness (QED) is 0.197. The summed E-state index contributed by atoms with van der Waals surface area (Å²) >= 11 is 3.65. The Morgan fingerprint density at radius 1 is 1.00 bits per heavy atom. The van der Waals surface area contributed by atoms with E-state index < -0.39 is 7.92 Å². The molecule has 242 valence electrons. The molecule has 5 heterocycles. The number of halogens is 1. The zero-order chi connectivity index (χ0) is 31.8. The van der Waals surface area contributed by atoms with Crippen molar-refractivity contribution in [2.45, 2.75) is 32.2 Å². The number of nitrogens with one attached hydrogen (secondary N) is 2. The summed E-state index contributed by atoms with van der Waals surface area (Å²) in [5.74, 6) is 3.41. The summed E-state index contributed by atoms with van der Waals surface area (Å²) < 4.78 is 12.4. The summed E-state index contributed by atoms with van der Waals surface area (Å²) in [4.78, 5) is 23.9. The molecule has 0 bridgehead atoms. The minimum absolute atomic E-state index is 0.465. The summed E-state index contributed by atoms with van der Waals surface area (Å²) in [5.41, 5.74) is 6.17. The molecule has 12 heteroatoms. The van der Waals surface area contributed by atoms with E-state index in [4.69, 9.17) is 14.5 Å². The molecule has 3 aliphatic rings. The van der Waals surface area contributed by atoms with Crippen molar-refractivity contribution in [2.24, 2.45) is 11.8 Å². The van der Waals surface area contributed by atoms with Crippen LogP contribution in [0.5, 0.6) is 5.75 Å². The molecule has 3 saturated heterocycles. The van der Waals surface area contributed by atoms with Crippen molar-refractivity contribution in [1.82, 2.24) is 24.8 Å². The topological polar surface area (TPSA) is 101 Å². The van der Waals surface area contributed by atoms with Gasteiger partial charge in [0.25, 0.3) is 0 Å². The SMILES string of the molecule is CCc1cc(Nc2ncc(Br)c(Nc3ccc4nccnc4c3P(C)C)n2)c(OC)cc1N1CCC(N2C[C@H]3COC[C@H]3C2)CC1. The van der Waals surface area contributed by atoms with Gasteiger partial charge in [0.05, 0.1) is 41.5 Å². The molecule has 0 spiro atoms. The van der Waals surface area contributed by atoms with Crippen molar-refractivity contribution in [3.05, 3.63) is 52.9 Å². The lowest BCUT2D eigenvalue weighted by atomic mass is 10.00. The normalized spacial score (nSPS) is 20.4. The molecule has 4 aromatic rings. The lowest BCUT2D eigenvalue weighted by Crippen LogP contribution is -2.44. The first-order valence-electron chi connectivity index (χ1n) is 16.2. The van der Waals surface area contributed by atoms with Crippen molar-refractivity contribution < 1.29 is 9.47 Å². The highest BCUT2D eigenvalue weighted by molar-refractivity contribution is 9.10. The van der Waals surface area contributed by atoms with Gasteiger partial charge in [0.1, 0.15) is 11.6 Å². The number of methoxy groups -OCH3 is 1. The molecule has 0 aliphatic carbocycles. The zero-order valence-electron chi connectivity index (χ0n) is 27.0. The molecule has 0 unspecified atom stereocenters. The maximum atomic E-state index is 5.93. The Balaban J connectivity index is 1.09. The molecule has 7 rings (SSSR count). The molecular formula is C34H42BrN8O2P. The van der Waals surface area contributed by atoms with Crippen LogP contribution in [0.1, 0.15) is 25.3 Å². The van der Waals surface area contributed by atoms with E-state index in [-0.39, 0.29) is 0 Å². The van der Waals surface area contributed by atoms with Crippen LogP contribution < -0.4 is 25.6 Å². The maximum Gasteiger partial charge on any atom is 0.229 e. The Kier molecular flexibility index (Phi) is 9.28. The molecule has 2 aromatic carbocycles. The number of likely N-dealkylation sites (tertiary alicyclic amines) is 1. The van der Waals surface area contributed by atoms with E-state index in [0.29, 0.717) is 17.8 Å². The first-order valence-corrected chi connectivity index (χ1v) is 19.2. The van der Waals surface area contributed by atoms with Crippen LogP contribution in [0.15, 0.2) is 47.3 Å². The number of benzene rings is 2. The lowest BCUT2D eigenvalue weighted by molar-refractivity contribution is 0.130. The van der Waals surface area contributed by atoms with Crippen LogP contribution >= 0.6 is 23.9 Å². The minimum Gasteiger partial charge on any atom is -0.494 e. The molecule has 10 nitrogen and oxygen atoms in total. The number of hydrogen-bond acceptors (Lipinski definition) is 10. The third-order valence-corrected chi connectivity index (χ3v) is 11.6. The molecule has 0 amide bonds. The number of aromatic nitrogens is 4. The van der Waals surface area contributed by atoms with Crippen LogP contribution in [0.25, 0.3) is 11.0 Å². The molecule has 46 heavy (non-hydrogen) atoms. The molecule has 2 atom stereocenters. The summed E-state index contributed by atoms with van der Waals surface area (Å²) in [5, 5.41) is 8.15. The number of anilines is 5. The van der Waals surface area contributed by atoms with Gasteiger partial charge in [-0.05, 0) is 72.3 Å². The standard InChI is InChI=1S/C34H42BrN8O2P/c1-5-21-14-28(30(44-2)15-29(21)42-12-8-24(9-13-42)43-17-22-19-45-20-23(22)18-43)40-34-38-16-25(35)33(41-34)39-27-7-6-26-31(32(27)46(3)4)37-11-10-36-26/h6-7,10-11,14-16,22-24H,5,8-9,12-13,17-20H2,1-4H3,(H2,38,39,40,41)/t22-,23+. The van der Waals surface area contributed by atoms with Gasteiger partial charge in [-0.15, -0.1) is 0 Å². The van der Waals surface area contributed by atoms with Crippen molar-refractivity contribution >= 4 is 69.0 Å². The van der Waals surface area contributed by atoms with E-state index in [1.54, 1.807) is 25.7 Å². The predicted octanol–water partition coefficient (Wildman–Crippen LogP) is 6.15. The number of piperidine rings is 1. The zero-order valence-corrected chi connectivity index (χ0v) is 29.4. The third kappa shape index (κ3) is 6.27. The second-order valence-electron chi connectivity index (χ2n) is 12.7. The van der Waals surface area contributed by atoms with E-state index in [1.165, 1.54) is 37.2 Å². The summed E-state index contributed by atoms with van der Waals surface area (Å²) in [6.45, 7) is 13.1. The fourth-order valence-electron chi connectivity index (χ4n) is 7.29. The van der Waals surface area contributed by atoms with Crippen LogP contribution in [-0.4, -0.2) is 90.7 Å². The number of ether oxygens (including phenoxy) is 2. The average molecular weight is 706 g/mol. The summed E-state index contributed by atoms with van der Waals surface area (Å²) in [6.07, 6.45) is 8.55. The van der Waals surface area contributed by atoms with Crippen molar-refractivity contribution in [1.29, 1.82) is 0 Å². The average Bonchev–Trinajstić information content (AvgIpc) is 3.69. The molecular weight excluding hydrogens is 663 g/mol. The Morgan fingerprint density at radius 2 is 1.76 bits per heavy atom. The van der Waals surface area contributed by atoms with Gasteiger partial charge >= 0.3 is 0 Å². The van der Waals surface area contributed by atoms with Gasteiger partial charge in [0, 0.05) is 85.4 Å². The van der Waals surface area contributed by atoms with Gasteiger partial charge in [-0.25, -0.2) is 4.98 Å². The predicted molar refractivity (Wildman–Crippen MR) is 191 cm³/mol. The third-order valence-electron chi connectivity index (χ3n) is 9.68. The van der Waals surface area contributed by atoms with Gasteiger partial charge in [-0.2, -0.15) is 4.98 Å². The number of fused-ring (bicyclic) bond motifs is 2. The van der Waals surface area contributed by atoms with Crippen molar-refractivity contribution in [3.8, 4) is 5.75 Å². The lowest BCUT2D eigenvalue weighted by Gasteiger charge is -2.39. The fourth-order valence-corrected chi connectivity index (χ4v) is 8.79. The Bertz CT molecular complexity index is 1700. The number of rotatable bonds is 9. The maximum absolute atomic E-state index is 5.93. The van der Waals surface area contributed by atoms with Crippen LogP contribution in [-0.2, 0) is 11.2 Å². The molecule has 2 N–H and O–H groups in total. The second kappa shape index (κ2) is 13.6. The van der Waals surface area contributed by atoms with E-state index in [0.717, 1.165) is 82.5 Å². The number of nitrogens with zero attached hydrogens (tertiary/aromatic N) is 6. The van der Waals surface area contributed by atoms with Crippen molar-refractivity contribution in [2.75, 3.05) is 75.4 Å². The Labute approximate surface area is 280 Å². The monoisotopic (exact) mass is 704 g/mol. The van der Waals surface area contributed by atoms with Gasteiger partial charge < -0.3 is 25.0 Å². The number of hydrogen-bond donors (Lipinski definition) is 2. The molecule has 3 fully saturated rings. The first kappa shape index (κ1) is 31.5. The first-order chi connectivity index (χ1) is 22.4. The molecule has 3 aliphatic heterocycles. The smallest absolute Gasteiger partial charge is 0.229 e. The van der Waals surface area contributed by atoms with Gasteiger partial charge in [0.15, 0.2) is 0 Å². The molecule has 0 saturated carbocycles. The molecule has 2 aromatic heterocycles. The van der Waals surface area contributed by atoms with Gasteiger partial charge in [-0.1, -0.05) is 14.8 Å².